The van der Waals surface area contributed by atoms with Crippen LogP contribution in [-0.4, -0.2) is 32.7 Å². The molecule has 3 heterocycles. The van der Waals surface area contributed by atoms with Gasteiger partial charge in [0.15, 0.2) is 0 Å². The third-order valence-corrected chi connectivity index (χ3v) is 4.82. The molecule has 0 saturated heterocycles. The summed E-state index contributed by atoms with van der Waals surface area (Å²) in [6, 6.07) is 3.91. The number of carbonyl (C=O) groups is 1. The predicted molar refractivity (Wildman–Crippen MR) is 91.4 cm³/mol. The second-order valence-electron chi connectivity index (χ2n) is 6.17. The minimum atomic E-state index is -0.610. The zero-order valence-corrected chi connectivity index (χ0v) is 13.6. The van der Waals surface area contributed by atoms with Gasteiger partial charge in [-0.3, -0.25) is 14.5 Å². The molecular weight excluding hydrogens is 304 g/mol. The van der Waals surface area contributed by atoms with Crippen molar-refractivity contribution in [1.82, 2.24) is 19.7 Å². The Morgan fingerprint density at radius 3 is 2.67 bits per heavy atom. The summed E-state index contributed by atoms with van der Waals surface area (Å²) in [5.41, 5.74) is 7.64. The number of aryl methyl sites for hydroxylation is 1. The average molecular weight is 322 g/mol. The van der Waals surface area contributed by atoms with E-state index in [0.29, 0.717) is 0 Å². The molecule has 3 aromatic rings. The molecule has 122 valence electrons. The van der Waals surface area contributed by atoms with Crippen molar-refractivity contribution < 1.29 is 4.79 Å². The van der Waals surface area contributed by atoms with Crippen LogP contribution in [0.1, 0.15) is 18.5 Å². The molecule has 24 heavy (non-hydrogen) atoms. The number of carbonyl (C=O) groups excluding carboxylic acids is 1. The van der Waals surface area contributed by atoms with Gasteiger partial charge in [-0.25, -0.2) is 4.98 Å². The zero-order valence-electron chi connectivity index (χ0n) is 13.6. The average Bonchev–Trinajstić information content (AvgIpc) is 3.30. The molecule has 0 aromatic carbocycles. The molecule has 7 nitrogen and oxygen atoms in total. The third kappa shape index (κ3) is 1.97. The fraction of sp³-hybridized carbons (Fsp3) is 0.294. The number of aromatic nitrogens is 4. The number of pyridine rings is 2. The van der Waals surface area contributed by atoms with Gasteiger partial charge in [-0.1, -0.05) is 0 Å². The summed E-state index contributed by atoms with van der Waals surface area (Å²) in [6.45, 7) is 0. The Bertz CT molecular complexity index is 957. The highest BCUT2D eigenvalue weighted by atomic mass is 16.1. The summed E-state index contributed by atoms with van der Waals surface area (Å²) in [7, 11) is 3.71. The first-order valence-corrected chi connectivity index (χ1v) is 7.82. The monoisotopic (exact) mass is 322 g/mol. The van der Waals surface area contributed by atoms with E-state index < -0.39 is 5.41 Å². The second kappa shape index (κ2) is 5.02. The molecule has 1 fully saturated rings. The van der Waals surface area contributed by atoms with Crippen LogP contribution in [0.4, 0.5) is 5.82 Å². The van der Waals surface area contributed by atoms with Crippen LogP contribution in [0.3, 0.4) is 0 Å². The highest BCUT2D eigenvalue weighted by Gasteiger charge is 2.51. The van der Waals surface area contributed by atoms with Gasteiger partial charge in [0.2, 0.25) is 5.91 Å². The second-order valence-corrected chi connectivity index (χ2v) is 6.17. The number of nitrogens with one attached hydrogen (secondary N) is 1. The molecule has 1 aliphatic rings. The Labute approximate surface area is 138 Å². The maximum Gasteiger partial charge on any atom is 0.229 e. The topological polar surface area (TPSA) is 98.7 Å². The molecule has 3 N–H and O–H groups in total. The van der Waals surface area contributed by atoms with Crippen LogP contribution in [0.25, 0.3) is 22.0 Å². The van der Waals surface area contributed by atoms with E-state index in [2.05, 4.69) is 20.4 Å². The van der Waals surface area contributed by atoms with Crippen LogP contribution in [0.2, 0.25) is 0 Å². The van der Waals surface area contributed by atoms with Gasteiger partial charge in [0.05, 0.1) is 16.8 Å². The van der Waals surface area contributed by atoms with Crippen molar-refractivity contribution >= 4 is 22.5 Å². The van der Waals surface area contributed by atoms with Crippen molar-refractivity contribution in [2.24, 2.45) is 12.8 Å². The van der Waals surface area contributed by atoms with Crippen LogP contribution < -0.4 is 11.1 Å². The van der Waals surface area contributed by atoms with E-state index in [1.165, 1.54) is 0 Å². The number of fused-ring (bicyclic) bond motifs is 1. The van der Waals surface area contributed by atoms with E-state index in [9.17, 15) is 4.79 Å². The largest absolute Gasteiger partial charge is 0.373 e. The molecule has 4 rings (SSSR count). The van der Waals surface area contributed by atoms with E-state index in [0.717, 1.165) is 46.4 Å². The number of rotatable bonds is 4. The standard InChI is InChI=1S/C17H18N6O/c1-19-15-12-9-20-14(17(4-5-17)16(18)24)7-10(12)11(8-21-15)13-3-6-22-23(13)2/h3,6-9H,4-5H2,1-2H3,(H2,18,24)(H,19,21). The van der Waals surface area contributed by atoms with E-state index >= 15 is 0 Å². The number of anilines is 1. The molecule has 1 saturated carbocycles. The molecule has 0 radical (unpaired) electrons. The normalized spacial score (nSPS) is 15.4. The van der Waals surface area contributed by atoms with Crippen LogP contribution >= 0.6 is 0 Å². The van der Waals surface area contributed by atoms with Gasteiger partial charge in [-0.2, -0.15) is 5.10 Å². The predicted octanol–water partition coefficient (Wildman–Crippen LogP) is 1.59. The first-order chi connectivity index (χ1) is 11.6. The first-order valence-electron chi connectivity index (χ1n) is 7.82. The van der Waals surface area contributed by atoms with Crippen molar-refractivity contribution in [1.29, 1.82) is 0 Å². The molecule has 3 aromatic heterocycles. The lowest BCUT2D eigenvalue weighted by Crippen LogP contribution is -2.29. The molecule has 1 amide bonds. The van der Waals surface area contributed by atoms with Crippen LogP contribution in [0.15, 0.2) is 30.7 Å². The van der Waals surface area contributed by atoms with E-state index in [-0.39, 0.29) is 5.91 Å². The molecule has 1 aliphatic carbocycles. The van der Waals surface area contributed by atoms with Crippen molar-refractivity contribution in [3.63, 3.8) is 0 Å². The molecular formula is C17H18N6O. The van der Waals surface area contributed by atoms with Crippen LogP contribution in [-0.2, 0) is 17.3 Å². The van der Waals surface area contributed by atoms with Crippen molar-refractivity contribution in [2.75, 3.05) is 12.4 Å². The van der Waals surface area contributed by atoms with Crippen molar-refractivity contribution in [3.05, 3.63) is 36.4 Å². The van der Waals surface area contributed by atoms with Gasteiger partial charge in [-0.15, -0.1) is 0 Å². The maximum absolute atomic E-state index is 11.9. The molecule has 0 aliphatic heterocycles. The first kappa shape index (κ1) is 14.6. The summed E-state index contributed by atoms with van der Waals surface area (Å²) in [4.78, 5) is 20.8. The minimum Gasteiger partial charge on any atom is -0.373 e. The number of hydrogen-bond acceptors (Lipinski definition) is 5. The lowest BCUT2D eigenvalue weighted by molar-refractivity contribution is -0.120. The molecule has 0 atom stereocenters. The molecule has 0 bridgehead atoms. The molecule has 7 heteroatoms. The highest BCUT2D eigenvalue weighted by molar-refractivity contribution is 6.02. The van der Waals surface area contributed by atoms with Crippen LogP contribution in [0, 0.1) is 0 Å². The molecule has 0 spiro atoms. The van der Waals surface area contributed by atoms with E-state index in [1.807, 2.05) is 32.4 Å². The van der Waals surface area contributed by atoms with Crippen molar-refractivity contribution in [3.8, 4) is 11.3 Å². The van der Waals surface area contributed by atoms with Gasteiger partial charge in [0.1, 0.15) is 5.82 Å². The minimum absolute atomic E-state index is 0.306. The maximum atomic E-state index is 11.9. The Morgan fingerprint density at radius 2 is 2.08 bits per heavy atom. The number of nitrogens with two attached hydrogens (primary N) is 1. The lowest BCUT2D eigenvalue weighted by atomic mass is 9.97. The Morgan fingerprint density at radius 1 is 1.29 bits per heavy atom. The Kier molecular flexibility index (Phi) is 3.06. The Hall–Kier alpha value is -2.96. The van der Waals surface area contributed by atoms with Gasteiger partial charge in [0, 0.05) is 43.6 Å². The van der Waals surface area contributed by atoms with E-state index in [1.54, 1.807) is 17.1 Å². The number of hydrogen-bond donors (Lipinski definition) is 2. The number of nitrogens with zero attached hydrogens (tertiary/aromatic N) is 4. The van der Waals surface area contributed by atoms with E-state index in [4.69, 9.17) is 5.73 Å². The number of primary amides is 1. The van der Waals surface area contributed by atoms with Gasteiger partial charge in [0.25, 0.3) is 0 Å². The smallest absolute Gasteiger partial charge is 0.229 e. The zero-order chi connectivity index (χ0) is 16.9. The fourth-order valence-corrected chi connectivity index (χ4v) is 3.19. The van der Waals surface area contributed by atoms with Gasteiger partial charge < -0.3 is 11.1 Å². The van der Waals surface area contributed by atoms with Crippen LogP contribution in [0.5, 0.6) is 0 Å². The SMILES string of the molecule is CNc1ncc(-c2ccnn2C)c2cc(C3(C(N)=O)CC3)ncc12. The summed E-state index contributed by atoms with van der Waals surface area (Å²) in [5.74, 6) is 0.443. The third-order valence-electron chi connectivity index (χ3n) is 4.82. The van der Waals surface area contributed by atoms with Gasteiger partial charge in [-0.05, 0) is 30.4 Å². The summed E-state index contributed by atoms with van der Waals surface area (Å²) in [6.07, 6.45) is 6.85. The van der Waals surface area contributed by atoms with Gasteiger partial charge >= 0.3 is 0 Å². The fourth-order valence-electron chi connectivity index (χ4n) is 3.19. The summed E-state index contributed by atoms with van der Waals surface area (Å²) in [5, 5.41) is 9.21. The highest BCUT2D eigenvalue weighted by Crippen LogP contribution is 2.48. The molecule has 0 unspecified atom stereocenters. The quantitative estimate of drug-likeness (QED) is 0.760. The summed E-state index contributed by atoms with van der Waals surface area (Å²) < 4.78 is 1.80. The Balaban J connectivity index is 2.00. The van der Waals surface area contributed by atoms with Crippen molar-refractivity contribution in [2.45, 2.75) is 18.3 Å². The summed E-state index contributed by atoms with van der Waals surface area (Å²) >= 11 is 0. The number of amides is 1. The lowest BCUT2D eigenvalue weighted by Gasteiger charge is -2.14.